The molecule has 0 radical (unpaired) electrons. The second kappa shape index (κ2) is 8.60. The molecule has 0 atom stereocenters. The third kappa shape index (κ3) is 5.33. The highest BCUT2D eigenvalue weighted by atomic mass is 16.5. The fraction of sp³-hybridized carbons (Fsp3) is 0.471. The van der Waals surface area contributed by atoms with E-state index in [0.29, 0.717) is 6.10 Å². The summed E-state index contributed by atoms with van der Waals surface area (Å²) in [7, 11) is 0. The Hall–Kier alpha value is -1.65. The van der Waals surface area contributed by atoms with Crippen LogP contribution < -0.4 is 5.32 Å². The fourth-order valence-corrected chi connectivity index (χ4v) is 2.18. The van der Waals surface area contributed by atoms with Gasteiger partial charge in [0, 0.05) is 37.7 Å². The van der Waals surface area contributed by atoms with E-state index in [4.69, 9.17) is 4.74 Å². The van der Waals surface area contributed by atoms with E-state index in [1.54, 1.807) is 0 Å². The largest absolute Gasteiger partial charge is 0.379 e. The zero-order valence-electron chi connectivity index (χ0n) is 13.0. The molecule has 0 saturated heterocycles. The minimum atomic E-state index is 0.323. The maximum Gasteiger partial charge on any atom is 0.139 e. The molecule has 0 aliphatic carbocycles. The standard InChI is InChI=1S/C17H25N3O/c1-15(2)21-14-6-9-18-10-12-20-13-11-19-17(20)16-7-4-3-5-8-16/h3-5,7-8,11,13,15,18H,6,9-10,12,14H2,1-2H3. The average molecular weight is 287 g/mol. The molecule has 4 heteroatoms. The highest BCUT2D eigenvalue weighted by Gasteiger charge is 2.04. The number of aromatic nitrogens is 2. The predicted molar refractivity (Wildman–Crippen MR) is 86.2 cm³/mol. The van der Waals surface area contributed by atoms with E-state index >= 15 is 0 Å². The molecule has 1 aromatic carbocycles. The molecule has 114 valence electrons. The second-order valence-electron chi connectivity index (χ2n) is 5.33. The van der Waals surface area contributed by atoms with Crippen LogP contribution in [0.15, 0.2) is 42.7 Å². The smallest absolute Gasteiger partial charge is 0.139 e. The molecule has 4 nitrogen and oxygen atoms in total. The lowest BCUT2D eigenvalue weighted by Gasteiger charge is -2.10. The summed E-state index contributed by atoms with van der Waals surface area (Å²) in [6.07, 6.45) is 5.27. The molecule has 0 aliphatic heterocycles. The highest BCUT2D eigenvalue weighted by molar-refractivity contribution is 5.55. The van der Waals surface area contributed by atoms with Crippen molar-refractivity contribution in [3.63, 3.8) is 0 Å². The first kappa shape index (κ1) is 15.7. The summed E-state index contributed by atoms with van der Waals surface area (Å²) in [6, 6.07) is 10.3. The van der Waals surface area contributed by atoms with Gasteiger partial charge in [-0.3, -0.25) is 0 Å². The van der Waals surface area contributed by atoms with Crippen molar-refractivity contribution in [2.24, 2.45) is 0 Å². The van der Waals surface area contributed by atoms with Gasteiger partial charge in [0.1, 0.15) is 5.82 Å². The summed E-state index contributed by atoms with van der Waals surface area (Å²) in [5.74, 6) is 1.03. The molecule has 1 heterocycles. The fourth-order valence-electron chi connectivity index (χ4n) is 2.18. The van der Waals surface area contributed by atoms with Gasteiger partial charge in [0.05, 0.1) is 6.10 Å². The number of ether oxygens (including phenoxy) is 1. The summed E-state index contributed by atoms with van der Waals surface area (Å²) in [5.41, 5.74) is 1.16. The van der Waals surface area contributed by atoms with Crippen LogP contribution >= 0.6 is 0 Å². The molecule has 2 aromatic rings. The van der Waals surface area contributed by atoms with E-state index in [1.807, 2.05) is 30.6 Å². The molecule has 21 heavy (non-hydrogen) atoms. The molecule has 2 rings (SSSR count). The Morgan fingerprint density at radius 3 is 2.76 bits per heavy atom. The van der Waals surface area contributed by atoms with E-state index in [1.165, 1.54) is 0 Å². The Bertz CT molecular complexity index is 508. The second-order valence-corrected chi connectivity index (χ2v) is 5.33. The zero-order chi connectivity index (χ0) is 14.9. The summed E-state index contributed by atoms with van der Waals surface area (Å²) >= 11 is 0. The van der Waals surface area contributed by atoms with E-state index in [-0.39, 0.29) is 0 Å². The molecule has 0 spiro atoms. The number of hydrogen-bond donors (Lipinski definition) is 1. The first-order valence-electron chi connectivity index (χ1n) is 7.66. The maximum absolute atomic E-state index is 5.52. The number of nitrogens with zero attached hydrogens (tertiary/aromatic N) is 2. The Kier molecular flexibility index (Phi) is 6.44. The van der Waals surface area contributed by atoms with Gasteiger partial charge in [0.25, 0.3) is 0 Å². The molecule has 0 fully saturated rings. The Morgan fingerprint density at radius 1 is 1.19 bits per heavy atom. The molecule has 1 aromatic heterocycles. The van der Waals surface area contributed by atoms with Crippen LogP contribution in [0.4, 0.5) is 0 Å². The van der Waals surface area contributed by atoms with Crippen molar-refractivity contribution in [2.75, 3.05) is 19.7 Å². The number of benzene rings is 1. The van der Waals surface area contributed by atoms with Gasteiger partial charge in [-0.15, -0.1) is 0 Å². The zero-order valence-corrected chi connectivity index (χ0v) is 13.0. The minimum absolute atomic E-state index is 0.323. The lowest BCUT2D eigenvalue weighted by atomic mass is 10.2. The topological polar surface area (TPSA) is 39.1 Å². The SMILES string of the molecule is CC(C)OCCCNCCn1ccnc1-c1ccccc1. The van der Waals surface area contributed by atoms with Crippen LogP contribution in [0.1, 0.15) is 20.3 Å². The summed E-state index contributed by atoms with van der Waals surface area (Å²) in [5, 5.41) is 3.45. The Labute approximate surface area is 127 Å². The van der Waals surface area contributed by atoms with Gasteiger partial charge >= 0.3 is 0 Å². The Balaban J connectivity index is 1.71. The predicted octanol–water partition coefficient (Wildman–Crippen LogP) is 2.95. The molecular weight excluding hydrogens is 262 g/mol. The van der Waals surface area contributed by atoms with Gasteiger partial charge in [0.2, 0.25) is 0 Å². The van der Waals surface area contributed by atoms with E-state index < -0.39 is 0 Å². The van der Waals surface area contributed by atoms with Crippen molar-refractivity contribution < 1.29 is 4.74 Å². The molecule has 0 unspecified atom stereocenters. The molecule has 0 aliphatic rings. The average Bonchev–Trinajstić information content (AvgIpc) is 2.95. The third-order valence-corrected chi connectivity index (χ3v) is 3.23. The van der Waals surface area contributed by atoms with Crippen LogP contribution in [-0.4, -0.2) is 35.4 Å². The van der Waals surface area contributed by atoms with Crippen LogP contribution in [0.5, 0.6) is 0 Å². The number of nitrogens with one attached hydrogen (secondary N) is 1. The molecule has 0 saturated carbocycles. The number of hydrogen-bond acceptors (Lipinski definition) is 3. The number of rotatable bonds is 9. The summed E-state index contributed by atoms with van der Waals surface area (Å²) < 4.78 is 7.70. The molecule has 0 amide bonds. The summed E-state index contributed by atoms with van der Waals surface area (Å²) in [6.45, 7) is 7.81. The minimum Gasteiger partial charge on any atom is -0.379 e. The highest BCUT2D eigenvalue weighted by Crippen LogP contribution is 2.16. The quantitative estimate of drug-likeness (QED) is 0.721. The van der Waals surface area contributed by atoms with Crippen molar-refractivity contribution in [2.45, 2.75) is 32.9 Å². The van der Waals surface area contributed by atoms with Crippen LogP contribution in [-0.2, 0) is 11.3 Å². The van der Waals surface area contributed by atoms with Crippen molar-refractivity contribution in [3.8, 4) is 11.4 Å². The molecule has 0 bridgehead atoms. The first-order valence-corrected chi connectivity index (χ1v) is 7.66. The van der Waals surface area contributed by atoms with Crippen LogP contribution in [0.2, 0.25) is 0 Å². The van der Waals surface area contributed by atoms with Crippen molar-refractivity contribution in [1.29, 1.82) is 0 Å². The van der Waals surface area contributed by atoms with Gasteiger partial charge in [0.15, 0.2) is 0 Å². The summed E-state index contributed by atoms with van der Waals surface area (Å²) in [4.78, 5) is 4.45. The van der Waals surface area contributed by atoms with Gasteiger partial charge < -0.3 is 14.6 Å². The molecule has 1 N–H and O–H groups in total. The van der Waals surface area contributed by atoms with Gasteiger partial charge in [-0.2, -0.15) is 0 Å². The van der Waals surface area contributed by atoms with Crippen molar-refractivity contribution in [3.05, 3.63) is 42.7 Å². The van der Waals surface area contributed by atoms with Crippen LogP contribution in [0, 0.1) is 0 Å². The van der Waals surface area contributed by atoms with E-state index in [0.717, 1.165) is 44.0 Å². The lowest BCUT2D eigenvalue weighted by Crippen LogP contribution is -2.22. The van der Waals surface area contributed by atoms with E-state index in [2.05, 4.69) is 40.8 Å². The van der Waals surface area contributed by atoms with Gasteiger partial charge in [-0.25, -0.2) is 4.98 Å². The van der Waals surface area contributed by atoms with Crippen molar-refractivity contribution >= 4 is 0 Å². The van der Waals surface area contributed by atoms with Gasteiger partial charge in [-0.1, -0.05) is 30.3 Å². The Morgan fingerprint density at radius 2 is 2.00 bits per heavy atom. The normalized spacial score (nSPS) is 11.2. The lowest BCUT2D eigenvalue weighted by molar-refractivity contribution is 0.0771. The van der Waals surface area contributed by atoms with Crippen LogP contribution in [0.3, 0.4) is 0 Å². The number of imidazole rings is 1. The van der Waals surface area contributed by atoms with E-state index in [9.17, 15) is 0 Å². The van der Waals surface area contributed by atoms with Crippen molar-refractivity contribution in [1.82, 2.24) is 14.9 Å². The van der Waals surface area contributed by atoms with Crippen LogP contribution in [0.25, 0.3) is 11.4 Å². The van der Waals surface area contributed by atoms with Gasteiger partial charge in [-0.05, 0) is 26.8 Å². The third-order valence-electron chi connectivity index (χ3n) is 3.23. The molecular formula is C17H25N3O. The first-order chi connectivity index (χ1) is 10.3. The maximum atomic E-state index is 5.52. The monoisotopic (exact) mass is 287 g/mol.